The molecule has 2 rings (SSSR count). The molecule has 0 aliphatic carbocycles. The van der Waals surface area contributed by atoms with Gasteiger partial charge in [-0.15, -0.1) is 0 Å². The number of carbonyl (C=O) groups is 2. The van der Waals surface area contributed by atoms with Crippen molar-refractivity contribution in [2.45, 2.75) is 6.42 Å². The Morgan fingerprint density at radius 1 is 1.15 bits per heavy atom. The van der Waals surface area contributed by atoms with E-state index in [4.69, 9.17) is 21.1 Å². The third kappa shape index (κ3) is 6.06. The molecule has 0 aliphatic rings. The number of para-hydroxylation sites is 1. The van der Waals surface area contributed by atoms with Crippen LogP contribution in [0.5, 0.6) is 5.75 Å². The van der Waals surface area contributed by atoms with E-state index in [1.54, 1.807) is 24.3 Å². The van der Waals surface area contributed by atoms with Gasteiger partial charge in [0.15, 0.2) is 6.61 Å². The fourth-order valence-corrected chi connectivity index (χ4v) is 2.10. The largest absolute Gasteiger partial charge is 0.493 e. The van der Waals surface area contributed by atoms with Crippen molar-refractivity contribution in [1.29, 1.82) is 0 Å². The van der Waals surface area contributed by atoms with Gasteiger partial charge in [0.1, 0.15) is 11.4 Å². The van der Waals surface area contributed by atoms with E-state index in [1.165, 1.54) is 12.1 Å². The monoisotopic (exact) mass is 378 g/mol. The first-order chi connectivity index (χ1) is 12.5. The Hall–Kier alpha value is -3.13. The average molecular weight is 379 g/mol. The van der Waals surface area contributed by atoms with Gasteiger partial charge in [-0.2, -0.15) is 0 Å². The Balaban J connectivity index is 1.76. The second-order valence-electron chi connectivity index (χ2n) is 5.04. The summed E-state index contributed by atoms with van der Waals surface area (Å²) in [5, 5.41) is 13.4. The number of hydrogen-bond donors (Lipinski definition) is 1. The number of esters is 1. The number of rotatable bonds is 8. The molecule has 0 saturated carbocycles. The highest BCUT2D eigenvalue weighted by Gasteiger charge is 2.17. The van der Waals surface area contributed by atoms with Crippen molar-refractivity contribution in [3.63, 3.8) is 0 Å². The van der Waals surface area contributed by atoms with Gasteiger partial charge in [-0.25, -0.2) is 0 Å². The second-order valence-corrected chi connectivity index (χ2v) is 5.48. The normalized spacial score (nSPS) is 10.0. The van der Waals surface area contributed by atoms with Crippen LogP contribution in [-0.2, 0) is 14.3 Å². The average Bonchev–Trinajstić information content (AvgIpc) is 2.62. The van der Waals surface area contributed by atoms with Crippen LogP contribution in [0.3, 0.4) is 0 Å². The van der Waals surface area contributed by atoms with Gasteiger partial charge >= 0.3 is 5.97 Å². The highest BCUT2D eigenvalue weighted by Crippen LogP contribution is 2.27. The lowest BCUT2D eigenvalue weighted by atomic mass is 10.2. The Labute approximate surface area is 153 Å². The molecule has 9 heteroatoms. The molecule has 0 unspecified atom stereocenters. The third-order valence-corrected chi connectivity index (χ3v) is 3.35. The Kier molecular flexibility index (Phi) is 6.92. The number of carbonyl (C=O) groups excluding carboxylic acids is 2. The van der Waals surface area contributed by atoms with E-state index < -0.39 is 23.4 Å². The summed E-state index contributed by atoms with van der Waals surface area (Å²) in [6.45, 7) is -0.461. The summed E-state index contributed by atoms with van der Waals surface area (Å²) in [7, 11) is 0. The molecule has 0 aliphatic heterocycles. The van der Waals surface area contributed by atoms with Crippen molar-refractivity contribution in [1.82, 2.24) is 0 Å². The Bertz CT molecular complexity index is 797. The molecule has 136 valence electrons. The molecule has 0 spiro atoms. The van der Waals surface area contributed by atoms with E-state index >= 15 is 0 Å². The van der Waals surface area contributed by atoms with Gasteiger partial charge in [0.2, 0.25) is 0 Å². The van der Waals surface area contributed by atoms with Crippen LogP contribution in [-0.4, -0.2) is 30.0 Å². The van der Waals surface area contributed by atoms with Crippen LogP contribution >= 0.6 is 11.6 Å². The number of hydrogen-bond acceptors (Lipinski definition) is 6. The molecule has 0 saturated heterocycles. The summed E-state index contributed by atoms with van der Waals surface area (Å²) >= 11 is 5.69. The van der Waals surface area contributed by atoms with Crippen molar-refractivity contribution < 1.29 is 24.0 Å². The predicted molar refractivity (Wildman–Crippen MR) is 94.2 cm³/mol. The van der Waals surface area contributed by atoms with Crippen LogP contribution in [0.1, 0.15) is 6.42 Å². The van der Waals surface area contributed by atoms with Gasteiger partial charge in [-0.3, -0.25) is 19.7 Å². The molecule has 0 aromatic heterocycles. The zero-order valence-corrected chi connectivity index (χ0v) is 14.3. The minimum Gasteiger partial charge on any atom is -0.493 e. The number of ether oxygens (including phenoxy) is 2. The van der Waals surface area contributed by atoms with Crippen LogP contribution in [0.25, 0.3) is 0 Å². The molecule has 2 aromatic rings. The molecule has 1 N–H and O–H groups in total. The maximum absolute atomic E-state index is 11.8. The highest BCUT2D eigenvalue weighted by atomic mass is 35.5. The molecular weight excluding hydrogens is 364 g/mol. The molecule has 0 heterocycles. The quantitative estimate of drug-likeness (QED) is 0.429. The van der Waals surface area contributed by atoms with Crippen molar-refractivity contribution in [2.24, 2.45) is 0 Å². The van der Waals surface area contributed by atoms with Crippen LogP contribution in [0.15, 0.2) is 48.5 Å². The first-order valence-electron chi connectivity index (χ1n) is 7.53. The Morgan fingerprint density at radius 3 is 2.58 bits per heavy atom. The van der Waals surface area contributed by atoms with Crippen molar-refractivity contribution in [3.05, 3.63) is 63.7 Å². The van der Waals surface area contributed by atoms with E-state index in [1.807, 2.05) is 6.07 Å². The lowest BCUT2D eigenvalue weighted by molar-refractivity contribution is -0.383. The zero-order valence-electron chi connectivity index (χ0n) is 13.5. The number of nitro groups is 1. The van der Waals surface area contributed by atoms with Crippen LogP contribution in [0.4, 0.5) is 11.4 Å². The van der Waals surface area contributed by atoms with E-state index in [2.05, 4.69) is 5.32 Å². The molecule has 0 fully saturated rings. The van der Waals surface area contributed by atoms with Crippen LogP contribution in [0, 0.1) is 10.1 Å². The first-order valence-corrected chi connectivity index (χ1v) is 7.91. The number of nitro benzene ring substituents is 1. The standard InChI is InChI=1S/C17H15ClN2O6/c18-12-6-7-14(15(10-12)20(23)24)19-16(21)11-26-17(22)8-9-25-13-4-2-1-3-5-13/h1-7,10H,8-9,11H2,(H,19,21). The molecule has 1 amide bonds. The van der Waals surface area contributed by atoms with Gasteiger partial charge in [-0.05, 0) is 24.3 Å². The fourth-order valence-electron chi connectivity index (χ4n) is 1.93. The van der Waals surface area contributed by atoms with Gasteiger partial charge in [0, 0.05) is 11.1 Å². The molecule has 8 nitrogen and oxygen atoms in total. The molecule has 2 aromatic carbocycles. The van der Waals surface area contributed by atoms with Crippen molar-refractivity contribution in [3.8, 4) is 5.75 Å². The van der Waals surface area contributed by atoms with Crippen LogP contribution < -0.4 is 10.1 Å². The van der Waals surface area contributed by atoms with Gasteiger partial charge in [-0.1, -0.05) is 29.8 Å². The summed E-state index contributed by atoms with van der Waals surface area (Å²) in [6.07, 6.45) is -0.0384. The summed E-state index contributed by atoms with van der Waals surface area (Å²) < 4.78 is 10.2. The summed E-state index contributed by atoms with van der Waals surface area (Å²) in [6, 6.07) is 12.7. The fraction of sp³-hybridized carbons (Fsp3) is 0.176. The highest BCUT2D eigenvalue weighted by molar-refractivity contribution is 6.31. The zero-order chi connectivity index (χ0) is 18.9. The van der Waals surface area contributed by atoms with Crippen LogP contribution in [0.2, 0.25) is 5.02 Å². The third-order valence-electron chi connectivity index (χ3n) is 3.11. The molecular formula is C17H15ClN2O6. The van der Waals surface area contributed by atoms with Gasteiger partial charge in [0.25, 0.3) is 11.6 Å². The lowest BCUT2D eigenvalue weighted by Crippen LogP contribution is -2.22. The summed E-state index contributed by atoms with van der Waals surface area (Å²) in [5.74, 6) is -0.706. The molecule has 0 radical (unpaired) electrons. The topological polar surface area (TPSA) is 108 Å². The number of nitrogens with zero attached hydrogens (tertiary/aromatic N) is 1. The van der Waals surface area contributed by atoms with Gasteiger partial charge < -0.3 is 14.8 Å². The maximum Gasteiger partial charge on any atom is 0.309 e. The van der Waals surface area contributed by atoms with E-state index in [0.29, 0.717) is 5.75 Å². The van der Waals surface area contributed by atoms with E-state index in [9.17, 15) is 19.7 Å². The minimum atomic E-state index is -0.701. The SMILES string of the molecule is O=C(COC(=O)CCOc1ccccc1)Nc1ccc(Cl)cc1[N+](=O)[O-]. The second kappa shape index (κ2) is 9.38. The minimum absolute atomic E-state index is 0.0344. The lowest BCUT2D eigenvalue weighted by Gasteiger charge is -2.08. The summed E-state index contributed by atoms with van der Waals surface area (Å²) in [5.41, 5.74) is -0.388. The smallest absolute Gasteiger partial charge is 0.309 e. The molecule has 26 heavy (non-hydrogen) atoms. The molecule has 0 atom stereocenters. The van der Waals surface area contributed by atoms with E-state index in [0.717, 1.165) is 6.07 Å². The van der Waals surface area contributed by atoms with E-state index in [-0.39, 0.29) is 29.4 Å². The maximum atomic E-state index is 11.8. The number of benzene rings is 2. The van der Waals surface area contributed by atoms with Crippen molar-refractivity contribution >= 4 is 34.9 Å². The van der Waals surface area contributed by atoms with Gasteiger partial charge in [0.05, 0.1) is 18.0 Å². The predicted octanol–water partition coefficient (Wildman–Crippen LogP) is 3.20. The molecule has 0 bridgehead atoms. The number of nitrogens with one attached hydrogen (secondary N) is 1. The van der Waals surface area contributed by atoms with Crippen molar-refractivity contribution in [2.75, 3.05) is 18.5 Å². The Morgan fingerprint density at radius 2 is 1.88 bits per heavy atom. The number of halogens is 1. The first kappa shape index (κ1) is 19.2. The summed E-state index contributed by atoms with van der Waals surface area (Å²) in [4.78, 5) is 33.7. The number of amides is 1. The number of anilines is 1.